The van der Waals surface area contributed by atoms with Crippen LogP contribution in [0.5, 0.6) is 11.5 Å². The summed E-state index contributed by atoms with van der Waals surface area (Å²) in [7, 11) is 0. The van der Waals surface area contributed by atoms with E-state index in [0.29, 0.717) is 18.4 Å². The van der Waals surface area contributed by atoms with Gasteiger partial charge in [0, 0.05) is 25.0 Å². The highest BCUT2D eigenvalue weighted by molar-refractivity contribution is 7.08. The van der Waals surface area contributed by atoms with Gasteiger partial charge in [0.1, 0.15) is 0 Å². The van der Waals surface area contributed by atoms with Crippen molar-refractivity contribution in [1.82, 2.24) is 15.8 Å². The van der Waals surface area contributed by atoms with E-state index in [-0.39, 0.29) is 18.7 Å². The van der Waals surface area contributed by atoms with Gasteiger partial charge in [-0.2, -0.15) is 11.3 Å². The Labute approximate surface area is 156 Å². The van der Waals surface area contributed by atoms with Gasteiger partial charge in [-0.25, -0.2) is 5.43 Å². The first-order valence-corrected chi connectivity index (χ1v) is 9.92. The third-order valence-corrected chi connectivity index (χ3v) is 6.29. The number of ether oxygens (including phenoxy) is 2. The third kappa shape index (κ3) is 2.86. The fourth-order valence-electron chi connectivity index (χ4n) is 4.15. The van der Waals surface area contributed by atoms with Crippen molar-refractivity contribution in [3.63, 3.8) is 0 Å². The number of thiophene rings is 1. The van der Waals surface area contributed by atoms with Crippen LogP contribution in [-0.2, 0) is 11.2 Å². The lowest BCUT2D eigenvalue weighted by Gasteiger charge is -2.36. The molecule has 2 aromatic rings. The number of amides is 1. The summed E-state index contributed by atoms with van der Waals surface area (Å²) >= 11 is 1.64. The van der Waals surface area contributed by atoms with Gasteiger partial charge in [0.05, 0.1) is 12.5 Å². The molecule has 1 amide bonds. The van der Waals surface area contributed by atoms with Gasteiger partial charge in [-0.3, -0.25) is 10.2 Å². The number of carbonyl (C=O) groups is 1. The number of hydrazine groups is 1. The summed E-state index contributed by atoms with van der Waals surface area (Å²) in [4.78, 5) is 14.7. The Hall–Kier alpha value is -2.09. The van der Waals surface area contributed by atoms with Gasteiger partial charge in [0.25, 0.3) is 0 Å². The van der Waals surface area contributed by atoms with Gasteiger partial charge >= 0.3 is 0 Å². The maximum atomic E-state index is 12.7. The molecule has 0 aliphatic carbocycles. The molecule has 5 rings (SSSR count). The molecular weight excluding hydrogens is 350 g/mol. The van der Waals surface area contributed by atoms with Gasteiger partial charge in [-0.15, -0.1) is 0 Å². The van der Waals surface area contributed by atoms with E-state index in [1.807, 2.05) is 22.4 Å². The van der Waals surface area contributed by atoms with E-state index in [4.69, 9.17) is 9.47 Å². The molecule has 0 saturated carbocycles. The summed E-state index contributed by atoms with van der Waals surface area (Å²) in [6.45, 7) is 1.87. The molecule has 0 radical (unpaired) electrons. The molecule has 2 N–H and O–H groups in total. The van der Waals surface area contributed by atoms with E-state index in [0.717, 1.165) is 36.6 Å². The average Bonchev–Trinajstić information content (AvgIpc) is 3.40. The topological polar surface area (TPSA) is 62.8 Å². The van der Waals surface area contributed by atoms with Crippen LogP contribution in [0, 0.1) is 5.92 Å². The van der Waals surface area contributed by atoms with Crippen LogP contribution in [0.25, 0.3) is 0 Å². The zero-order valence-corrected chi connectivity index (χ0v) is 15.1. The Morgan fingerprint density at radius 2 is 2.15 bits per heavy atom. The quantitative estimate of drug-likeness (QED) is 0.865. The molecule has 0 spiro atoms. The number of hydrogen-bond acceptors (Lipinski definition) is 6. The van der Waals surface area contributed by atoms with Crippen molar-refractivity contribution in [2.75, 3.05) is 19.9 Å². The van der Waals surface area contributed by atoms with Crippen molar-refractivity contribution in [2.24, 2.45) is 5.92 Å². The summed E-state index contributed by atoms with van der Waals surface area (Å²) < 4.78 is 10.9. The average molecular weight is 371 g/mol. The summed E-state index contributed by atoms with van der Waals surface area (Å²) in [5.41, 5.74) is 9.13. The van der Waals surface area contributed by atoms with Crippen LogP contribution in [0.1, 0.15) is 23.6 Å². The maximum absolute atomic E-state index is 12.7. The summed E-state index contributed by atoms with van der Waals surface area (Å²) in [6.07, 6.45) is 1.46. The summed E-state index contributed by atoms with van der Waals surface area (Å²) in [5.74, 6) is 2.16. The standard InChI is InChI=1S/C19H21N3O3S/c23-18(7-12-4-6-26-10-12)22-5-3-15-14(9-22)19(21-20-15)13-1-2-16-17(8-13)25-11-24-16/h1-2,4,6,8,10,14-15,19-21H,3,5,7,9,11H2. The number of rotatable bonds is 3. The summed E-state index contributed by atoms with van der Waals surface area (Å²) in [6, 6.07) is 8.68. The first kappa shape index (κ1) is 16.1. The minimum absolute atomic E-state index is 0.159. The molecule has 0 bridgehead atoms. The minimum atomic E-state index is 0.159. The molecule has 3 aliphatic rings. The number of hydrogen-bond donors (Lipinski definition) is 2. The van der Waals surface area contributed by atoms with Crippen molar-refractivity contribution in [3.8, 4) is 11.5 Å². The predicted molar refractivity (Wildman–Crippen MR) is 98.1 cm³/mol. The number of likely N-dealkylation sites (tertiary alicyclic amines) is 1. The van der Waals surface area contributed by atoms with Crippen LogP contribution in [0.3, 0.4) is 0 Å². The number of carbonyl (C=O) groups excluding carboxylic acids is 1. The van der Waals surface area contributed by atoms with Gasteiger partial charge in [0.2, 0.25) is 12.7 Å². The SMILES string of the molecule is O=C(Cc1ccsc1)N1CCC2NNC(c3ccc4c(c3)OCO4)C2C1. The monoisotopic (exact) mass is 371 g/mol. The highest BCUT2D eigenvalue weighted by atomic mass is 32.1. The van der Waals surface area contributed by atoms with Crippen LogP contribution in [0.4, 0.5) is 0 Å². The molecule has 2 saturated heterocycles. The van der Waals surface area contributed by atoms with Crippen molar-refractivity contribution < 1.29 is 14.3 Å². The number of fused-ring (bicyclic) bond motifs is 2. The Morgan fingerprint density at radius 1 is 1.23 bits per heavy atom. The number of nitrogens with zero attached hydrogens (tertiary/aromatic N) is 1. The lowest BCUT2D eigenvalue weighted by molar-refractivity contribution is -0.132. The second-order valence-corrected chi connectivity index (χ2v) is 7.87. The fraction of sp³-hybridized carbons (Fsp3) is 0.421. The van der Waals surface area contributed by atoms with Crippen molar-refractivity contribution in [2.45, 2.75) is 24.9 Å². The smallest absolute Gasteiger partial charge is 0.231 e. The predicted octanol–water partition coefficient (Wildman–Crippen LogP) is 2.09. The van der Waals surface area contributed by atoms with E-state index >= 15 is 0 Å². The fourth-order valence-corrected chi connectivity index (χ4v) is 4.81. The summed E-state index contributed by atoms with van der Waals surface area (Å²) in [5, 5.41) is 4.08. The van der Waals surface area contributed by atoms with E-state index in [1.165, 1.54) is 5.56 Å². The van der Waals surface area contributed by atoms with Gasteiger partial charge in [-0.05, 0) is 46.5 Å². The number of benzene rings is 1. The Kier molecular flexibility index (Phi) is 4.07. The number of piperidine rings is 1. The molecule has 136 valence electrons. The molecule has 2 fully saturated rings. The van der Waals surface area contributed by atoms with E-state index in [9.17, 15) is 4.79 Å². The molecule has 4 heterocycles. The molecular formula is C19H21N3O3S. The first-order valence-electron chi connectivity index (χ1n) is 8.97. The second kappa shape index (κ2) is 6.57. The molecule has 26 heavy (non-hydrogen) atoms. The van der Waals surface area contributed by atoms with Crippen LogP contribution < -0.4 is 20.3 Å². The largest absolute Gasteiger partial charge is 0.454 e. The first-order chi connectivity index (χ1) is 12.8. The highest BCUT2D eigenvalue weighted by Gasteiger charge is 2.41. The zero-order valence-electron chi connectivity index (χ0n) is 14.3. The molecule has 1 aromatic heterocycles. The van der Waals surface area contributed by atoms with Gasteiger partial charge < -0.3 is 14.4 Å². The van der Waals surface area contributed by atoms with Crippen molar-refractivity contribution in [3.05, 3.63) is 46.2 Å². The maximum Gasteiger partial charge on any atom is 0.231 e. The van der Waals surface area contributed by atoms with E-state index < -0.39 is 0 Å². The molecule has 3 aliphatic heterocycles. The highest BCUT2D eigenvalue weighted by Crippen LogP contribution is 2.39. The lowest BCUT2D eigenvalue weighted by atomic mass is 9.85. The van der Waals surface area contributed by atoms with Crippen LogP contribution >= 0.6 is 11.3 Å². The second-order valence-electron chi connectivity index (χ2n) is 7.09. The molecule has 1 aromatic carbocycles. The van der Waals surface area contributed by atoms with Crippen molar-refractivity contribution >= 4 is 17.2 Å². The lowest BCUT2D eigenvalue weighted by Crippen LogP contribution is -2.48. The van der Waals surface area contributed by atoms with Crippen LogP contribution in [0.15, 0.2) is 35.0 Å². The van der Waals surface area contributed by atoms with E-state index in [1.54, 1.807) is 11.3 Å². The molecule has 6 nitrogen and oxygen atoms in total. The Bertz CT molecular complexity index is 810. The zero-order chi connectivity index (χ0) is 17.5. The normalized spacial score (nSPS) is 26.8. The number of nitrogens with one attached hydrogen (secondary N) is 2. The Balaban J connectivity index is 1.32. The van der Waals surface area contributed by atoms with Gasteiger partial charge in [0.15, 0.2) is 11.5 Å². The van der Waals surface area contributed by atoms with Crippen LogP contribution in [0.2, 0.25) is 0 Å². The third-order valence-electron chi connectivity index (χ3n) is 5.55. The van der Waals surface area contributed by atoms with Gasteiger partial charge in [-0.1, -0.05) is 6.07 Å². The molecule has 3 unspecified atom stereocenters. The Morgan fingerprint density at radius 3 is 3.04 bits per heavy atom. The van der Waals surface area contributed by atoms with Crippen LogP contribution in [-0.4, -0.2) is 36.7 Å². The van der Waals surface area contributed by atoms with E-state index in [2.05, 4.69) is 28.4 Å². The van der Waals surface area contributed by atoms with Crippen molar-refractivity contribution in [1.29, 1.82) is 0 Å². The molecule has 7 heteroatoms. The molecule has 3 atom stereocenters. The minimum Gasteiger partial charge on any atom is -0.454 e.